The summed E-state index contributed by atoms with van der Waals surface area (Å²) in [5.74, 6) is 0.264. The number of aromatic nitrogens is 3. The first-order chi connectivity index (χ1) is 14.1. The van der Waals surface area contributed by atoms with Crippen LogP contribution in [0.2, 0.25) is 0 Å². The van der Waals surface area contributed by atoms with Gasteiger partial charge in [-0.3, -0.25) is 9.59 Å². The number of nitrogens with one attached hydrogen (secondary N) is 2. The van der Waals surface area contributed by atoms with Gasteiger partial charge in [0.1, 0.15) is 0 Å². The van der Waals surface area contributed by atoms with Gasteiger partial charge in [0.2, 0.25) is 0 Å². The van der Waals surface area contributed by atoms with E-state index in [2.05, 4.69) is 27.9 Å². The summed E-state index contributed by atoms with van der Waals surface area (Å²) >= 11 is 0. The van der Waals surface area contributed by atoms with E-state index in [1.54, 1.807) is 23.0 Å². The van der Waals surface area contributed by atoms with E-state index in [1.165, 1.54) is 0 Å². The van der Waals surface area contributed by atoms with Gasteiger partial charge in [-0.05, 0) is 56.8 Å². The molecule has 2 aliphatic rings. The lowest BCUT2D eigenvalue weighted by Crippen LogP contribution is -2.38. The van der Waals surface area contributed by atoms with Gasteiger partial charge in [-0.1, -0.05) is 24.3 Å². The number of carbonyl (C=O) groups is 2. The fraction of sp³-hybridized carbons (Fsp3) is 0.524. The average Bonchev–Trinajstić information content (AvgIpc) is 3.25. The number of nitrogens with zero attached hydrogens (tertiary/aromatic N) is 4. The van der Waals surface area contributed by atoms with Crippen LogP contribution in [0.3, 0.4) is 0 Å². The molecule has 0 unspecified atom stereocenters. The number of benzene rings is 1. The lowest BCUT2D eigenvalue weighted by molar-refractivity contribution is 0.0698. The Morgan fingerprint density at radius 3 is 2.59 bits per heavy atom. The SMILES string of the molecule is CC1CCN(C(=O)c2ccccc2NC(=O)c2cn(C3CCNCC3)nn2)CC1. The van der Waals surface area contributed by atoms with Crippen molar-refractivity contribution in [3.8, 4) is 0 Å². The molecule has 1 aromatic heterocycles. The topological polar surface area (TPSA) is 92.2 Å². The predicted molar refractivity (Wildman–Crippen MR) is 110 cm³/mol. The van der Waals surface area contributed by atoms with Crippen molar-refractivity contribution in [2.45, 2.75) is 38.6 Å². The second-order valence-corrected chi connectivity index (χ2v) is 8.04. The fourth-order valence-corrected chi connectivity index (χ4v) is 3.98. The molecule has 2 saturated heterocycles. The Balaban J connectivity index is 1.46. The van der Waals surface area contributed by atoms with Gasteiger partial charge in [0.25, 0.3) is 11.8 Å². The van der Waals surface area contributed by atoms with Gasteiger partial charge >= 0.3 is 0 Å². The normalized spacial score (nSPS) is 18.6. The molecule has 0 aliphatic carbocycles. The van der Waals surface area contributed by atoms with Crippen LogP contribution in [0.25, 0.3) is 0 Å². The van der Waals surface area contributed by atoms with Crippen LogP contribution in [0, 0.1) is 5.92 Å². The van der Waals surface area contributed by atoms with E-state index < -0.39 is 0 Å². The van der Waals surface area contributed by atoms with Crippen LogP contribution < -0.4 is 10.6 Å². The molecule has 0 radical (unpaired) electrons. The highest BCUT2D eigenvalue weighted by Gasteiger charge is 2.24. The van der Waals surface area contributed by atoms with Crippen molar-refractivity contribution in [3.05, 3.63) is 41.7 Å². The van der Waals surface area contributed by atoms with Crippen molar-refractivity contribution in [2.24, 2.45) is 5.92 Å². The summed E-state index contributed by atoms with van der Waals surface area (Å²) in [6, 6.07) is 7.43. The molecule has 2 amide bonds. The minimum Gasteiger partial charge on any atom is -0.339 e. The van der Waals surface area contributed by atoms with Gasteiger partial charge in [0.05, 0.1) is 23.5 Å². The van der Waals surface area contributed by atoms with Gasteiger partial charge in [0.15, 0.2) is 5.69 Å². The van der Waals surface area contributed by atoms with E-state index in [-0.39, 0.29) is 23.6 Å². The zero-order chi connectivity index (χ0) is 20.2. The summed E-state index contributed by atoms with van der Waals surface area (Å²) in [5, 5.41) is 14.4. The summed E-state index contributed by atoms with van der Waals surface area (Å²) in [5.41, 5.74) is 1.29. The lowest BCUT2D eigenvalue weighted by atomic mass is 9.98. The largest absolute Gasteiger partial charge is 0.339 e. The lowest BCUT2D eigenvalue weighted by Gasteiger charge is -2.30. The van der Waals surface area contributed by atoms with Crippen molar-refractivity contribution in [3.63, 3.8) is 0 Å². The third-order valence-electron chi connectivity index (χ3n) is 5.90. The maximum Gasteiger partial charge on any atom is 0.277 e. The maximum atomic E-state index is 13.0. The molecule has 0 bridgehead atoms. The van der Waals surface area contributed by atoms with Crippen molar-refractivity contribution >= 4 is 17.5 Å². The Hall–Kier alpha value is -2.74. The van der Waals surface area contributed by atoms with Gasteiger partial charge < -0.3 is 15.5 Å². The third kappa shape index (κ3) is 4.48. The number of hydrogen-bond donors (Lipinski definition) is 2. The number of likely N-dealkylation sites (tertiary alicyclic amines) is 1. The molecule has 3 heterocycles. The zero-order valence-corrected chi connectivity index (χ0v) is 16.8. The molecule has 2 N–H and O–H groups in total. The molecule has 0 spiro atoms. The van der Waals surface area contributed by atoms with Crippen LogP contribution in [0.15, 0.2) is 30.5 Å². The smallest absolute Gasteiger partial charge is 0.277 e. The van der Waals surface area contributed by atoms with Gasteiger partial charge in [-0.15, -0.1) is 5.10 Å². The van der Waals surface area contributed by atoms with Crippen LogP contribution in [-0.4, -0.2) is 57.9 Å². The number of hydrogen-bond acceptors (Lipinski definition) is 5. The highest BCUT2D eigenvalue weighted by Crippen LogP contribution is 2.23. The predicted octanol–water partition coefficient (Wildman–Crippen LogP) is 2.33. The summed E-state index contributed by atoms with van der Waals surface area (Å²) < 4.78 is 1.78. The second-order valence-electron chi connectivity index (χ2n) is 8.04. The standard InChI is InChI=1S/C21H28N6O2/c1-15-8-12-26(13-9-15)21(29)17-4-2-3-5-18(17)23-20(28)19-14-27(25-24-19)16-6-10-22-11-7-16/h2-5,14-16,22H,6-13H2,1H3,(H,23,28). The van der Waals surface area contributed by atoms with Gasteiger partial charge in [0, 0.05) is 13.1 Å². The van der Waals surface area contributed by atoms with Crippen molar-refractivity contribution < 1.29 is 9.59 Å². The molecule has 2 aromatic rings. The molecule has 1 aromatic carbocycles. The Morgan fingerprint density at radius 2 is 1.83 bits per heavy atom. The summed E-state index contributed by atoms with van der Waals surface area (Å²) in [6.07, 6.45) is 5.66. The highest BCUT2D eigenvalue weighted by atomic mass is 16.2. The molecule has 29 heavy (non-hydrogen) atoms. The minimum absolute atomic E-state index is 0.0360. The first-order valence-corrected chi connectivity index (χ1v) is 10.4. The van der Waals surface area contributed by atoms with Crippen LogP contribution in [0.4, 0.5) is 5.69 Å². The van der Waals surface area contributed by atoms with Crippen molar-refractivity contribution in [2.75, 3.05) is 31.5 Å². The Kier molecular flexibility index (Phi) is 5.89. The number of rotatable bonds is 4. The molecule has 4 rings (SSSR count). The quantitative estimate of drug-likeness (QED) is 0.828. The molecule has 0 saturated carbocycles. The number of anilines is 1. The second kappa shape index (κ2) is 8.73. The number of piperidine rings is 2. The highest BCUT2D eigenvalue weighted by molar-refractivity contribution is 6.08. The van der Waals surface area contributed by atoms with E-state index >= 15 is 0 Å². The Labute approximate surface area is 170 Å². The average molecular weight is 396 g/mol. The monoisotopic (exact) mass is 396 g/mol. The van der Waals surface area contributed by atoms with E-state index in [9.17, 15) is 9.59 Å². The third-order valence-corrected chi connectivity index (χ3v) is 5.90. The van der Waals surface area contributed by atoms with E-state index in [0.717, 1.165) is 51.9 Å². The summed E-state index contributed by atoms with van der Waals surface area (Å²) in [4.78, 5) is 27.6. The van der Waals surface area contributed by atoms with Gasteiger partial charge in [-0.25, -0.2) is 4.68 Å². The van der Waals surface area contributed by atoms with E-state index in [0.29, 0.717) is 17.2 Å². The molecule has 8 nitrogen and oxygen atoms in total. The van der Waals surface area contributed by atoms with Crippen LogP contribution in [-0.2, 0) is 0 Å². The molecule has 0 atom stereocenters. The van der Waals surface area contributed by atoms with E-state index in [4.69, 9.17) is 0 Å². The zero-order valence-electron chi connectivity index (χ0n) is 16.8. The maximum absolute atomic E-state index is 13.0. The molecule has 2 aliphatic heterocycles. The number of amides is 2. The first kappa shape index (κ1) is 19.6. The van der Waals surface area contributed by atoms with Crippen molar-refractivity contribution in [1.29, 1.82) is 0 Å². The molecule has 2 fully saturated rings. The van der Waals surface area contributed by atoms with Gasteiger partial charge in [-0.2, -0.15) is 0 Å². The number of para-hydroxylation sites is 1. The fourth-order valence-electron chi connectivity index (χ4n) is 3.98. The van der Waals surface area contributed by atoms with Crippen molar-refractivity contribution in [1.82, 2.24) is 25.2 Å². The summed E-state index contributed by atoms with van der Waals surface area (Å²) in [6.45, 7) is 5.61. The first-order valence-electron chi connectivity index (χ1n) is 10.4. The molecular formula is C21H28N6O2. The Morgan fingerprint density at radius 1 is 1.10 bits per heavy atom. The minimum atomic E-state index is -0.349. The van der Waals surface area contributed by atoms with Crippen LogP contribution in [0.5, 0.6) is 0 Å². The number of carbonyl (C=O) groups excluding carboxylic acids is 2. The summed E-state index contributed by atoms with van der Waals surface area (Å²) in [7, 11) is 0. The molecular weight excluding hydrogens is 368 g/mol. The Bertz CT molecular complexity index is 866. The molecule has 154 valence electrons. The van der Waals surface area contributed by atoms with E-state index in [1.807, 2.05) is 17.0 Å². The molecule has 8 heteroatoms. The van der Waals surface area contributed by atoms with Crippen LogP contribution in [0.1, 0.15) is 59.5 Å². The van der Waals surface area contributed by atoms with Crippen LogP contribution >= 0.6 is 0 Å².